The molecule has 0 heterocycles. The van der Waals surface area contributed by atoms with E-state index in [2.05, 4.69) is 15.9 Å². The Morgan fingerprint density at radius 2 is 2.06 bits per heavy atom. The van der Waals surface area contributed by atoms with Gasteiger partial charge < -0.3 is 10.0 Å². The molecule has 0 aliphatic heterocycles. The highest BCUT2D eigenvalue weighted by Gasteiger charge is 2.23. The second kappa shape index (κ2) is 6.20. The molecule has 6 heteroatoms. The van der Waals surface area contributed by atoms with E-state index in [0.29, 0.717) is 15.1 Å². The second-order valence-corrected chi connectivity index (χ2v) is 5.25. The van der Waals surface area contributed by atoms with Crippen molar-refractivity contribution < 1.29 is 14.7 Å². The molecule has 1 amide bonds. The highest BCUT2D eigenvalue weighted by molar-refractivity contribution is 9.10. The number of rotatable bonds is 4. The number of carboxylic acids is 1. The van der Waals surface area contributed by atoms with Gasteiger partial charge in [-0.15, -0.1) is 0 Å². The van der Waals surface area contributed by atoms with Gasteiger partial charge in [0.1, 0.15) is 6.54 Å². The number of hydrogen-bond donors (Lipinski definition) is 1. The summed E-state index contributed by atoms with van der Waals surface area (Å²) in [4.78, 5) is 24.3. The highest BCUT2D eigenvalue weighted by atomic mass is 79.9. The van der Waals surface area contributed by atoms with Crippen LogP contribution in [0.1, 0.15) is 24.2 Å². The van der Waals surface area contributed by atoms with Crippen LogP contribution in [0, 0.1) is 0 Å². The SMILES string of the molecule is CC(C)N(CC(=O)O)C(=O)c1cccc(Br)c1Cl. The van der Waals surface area contributed by atoms with E-state index < -0.39 is 11.9 Å². The Morgan fingerprint density at radius 1 is 1.44 bits per heavy atom. The summed E-state index contributed by atoms with van der Waals surface area (Å²) in [5, 5.41) is 9.11. The van der Waals surface area contributed by atoms with Crippen molar-refractivity contribution in [2.45, 2.75) is 19.9 Å². The van der Waals surface area contributed by atoms with Crippen LogP contribution in [-0.2, 0) is 4.79 Å². The zero-order valence-electron chi connectivity index (χ0n) is 9.98. The van der Waals surface area contributed by atoms with Crippen LogP contribution in [0.4, 0.5) is 0 Å². The topological polar surface area (TPSA) is 57.6 Å². The fourth-order valence-corrected chi connectivity index (χ4v) is 2.03. The summed E-state index contributed by atoms with van der Waals surface area (Å²) in [7, 11) is 0. The van der Waals surface area contributed by atoms with Crippen LogP contribution >= 0.6 is 27.5 Å². The van der Waals surface area contributed by atoms with Crippen molar-refractivity contribution in [3.63, 3.8) is 0 Å². The Morgan fingerprint density at radius 3 is 2.56 bits per heavy atom. The van der Waals surface area contributed by atoms with E-state index in [-0.39, 0.29) is 12.6 Å². The van der Waals surface area contributed by atoms with E-state index in [4.69, 9.17) is 16.7 Å². The molecule has 98 valence electrons. The van der Waals surface area contributed by atoms with Crippen molar-refractivity contribution in [1.29, 1.82) is 0 Å². The molecule has 0 radical (unpaired) electrons. The van der Waals surface area contributed by atoms with Gasteiger partial charge in [0.05, 0.1) is 10.6 Å². The molecule has 1 N–H and O–H groups in total. The molecular formula is C12H13BrClNO3. The number of amides is 1. The number of halogens is 2. The van der Waals surface area contributed by atoms with Crippen molar-refractivity contribution in [3.05, 3.63) is 33.3 Å². The number of nitrogens with zero attached hydrogens (tertiary/aromatic N) is 1. The monoisotopic (exact) mass is 333 g/mol. The average Bonchev–Trinajstić information content (AvgIpc) is 2.28. The lowest BCUT2D eigenvalue weighted by Gasteiger charge is -2.25. The van der Waals surface area contributed by atoms with E-state index in [1.54, 1.807) is 32.0 Å². The minimum atomic E-state index is -1.05. The summed E-state index contributed by atoms with van der Waals surface area (Å²) >= 11 is 9.26. The lowest BCUT2D eigenvalue weighted by molar-refractivity contribution is -0.138. The summed E-state index contributed by atoms with van der Waals surface area (Å²) in [6.45, 7) is 3.17. The van der Waals surface area contributed by atoms with Gasteiger partial charge in [0.25, 0.3) is 5.91 Å². The summed E-state index contributed by atoms with van der Waals surface area (Å²) in [6.07, 6.45) is 0. The third kappa shape index (κ3) is 3.46. The van der Waals surface area contributed by atoms with E-state index in [9.17, 15) is 9.59 Å². The summed E-state index contributed by atoms with van der Waals surface area (Å²) in [5.41, 5.74) is 0.293. The third-order valence-corrected chi connectivity index (χ3v) is 3.67. The number of benzene rings is 1. The lowest BCUT2D eigenvalue weighted by Crippen LogP contribution is -2.40. The molecule has 0 unspecified atom stereocenters. The third-order valence-electron chi connectivity index (χ3n) is 2.37. The van der Waals surface area contributed by atoms with Gasteiger partial charge in [-0.1, -0.05) is 17.7 Å². The minimum Gasteiger partial charge on any atom is -0.480 e. The van der Waals surface area contributed by atoms with Crippen molar-refractivity contribution in [2.24, 2.45) is 0 Å². The molecule has 0 spiro atoms. The van der Waals surface area contributed by atoms with E-state index in [0.717, 1.165) is 0 Å². The van der Waals surface area contributed by atoms with Gasteiger partial charge in [-0.05, 0) is 41.9 Å². The molecule has 0 saturated carbocycles. The summed E-state index contributed by atoms with van der Waals surface area (Å²) in [6, 6.07) is 4.76. The summed E-state index contributed by atoms with van der Waals surface area (Å²) in [5.74, 6) is -1.44. The lowest BCUT2D eigenvalue weighted by atomic mass is 10.1. The van der Waals surface area contributed by atoms with E-state index >= 15 is 0 Å². The molecule has 0 bridgehead atoms. The standard InChI is InChI=1S/C12H13BrClNO3/c1-7(2)15(6-10(16)17)12(18)8-4-3-5-9(13)11(8)14/h3-5,7H,6H2,1-2H3,(H,16,17). The first-order valence-electron chi connectivity index (χ1n) is 5.31. The Balaban J connectivity index is 3.10. The van der Waals surface area contributed by atoms with Crippen molar-refractivity contribution in [2.75, 3.05) is 6.54 Å². The predicted molar refractivity (Wildman–Crippen MR) is 73.0 cm³/mol. The molecule has 18 heavy (non-hydrogen) atoms. The Hall–Kier alpha value is -1.07. The predicted octanol–water partition coefficient (Wildman–Crippen LogP) is 3.04. The number of carbonyl (C=O) groups is 2. The van der Waals surface area contributed by atoms with Gasteiger partial charge in [0, 0.05) is 10.5 Å². The van der Waals surface area contributed by atoms with Gasteiger partial charge in [-0.3, -0.25) is 9.59 Å². The fourth-order valence-electron chi connectivity index (χ4n) is 1.46. The maximum Gasteiger partial charge on any atom is 0.323 e. The fraction of sp³-hybridized carbons (Fsp3) is 0.333. The zero-order valence-corrected chi connectivity index (χ0v) is 12.3. The molecule has 0 saturated heterocycles. The first-order valence-corrected chi connectivity index (χ1v) is 6.48. The molecule has 4 nitrogen and oxygen atoms in total. The minimum absolute atomic E-state index is 0.219. The van der Waals surface area contributed by atoms with E-state index in [1.807, 2.05) is 0 Å². The highest BCUT2D eigenvalue weighted by Crippen LogP contribution is 2.27. The maximum absolute atomic E-state index is 12.3. The van der Waals surface area contributed by atoms with Crippen LogP contribution < -0.4 is 0 Å². The van der Waals surface area contributed by atoms with Crippen LogP contribution in [0.25, 0.3) is 0 Å². The van der Waals surface area contributed by atoms with Crippen LogP contribution in [0.2, 0.25) is 5.02 Å². The molecule has 0 aliphatic carbocycles. The Kier molecular flexibility index (Phi) is 5.16. The van der Waals surface area contributed by atoms with Crippen LogP contribution in [0.3, 0.4) is 0 Å². The number of aliphatic carboxylic acids is 1. The molecular weight excluding hydrogens is 321 g/mol. The van der Waals surface area contributed by atoms with E-state index in [1.165, 1.54) is 4.90 Å². The van der Waals surface area contributed by atoms with Gasteiger partial charge >= 0.3 is 5.97 Å². The van der Waals surface area contributed by atoms with Crippen LogP contribution in [0.15, 0.2) is 22.7 Å². The van der Waals surface area contributed by atoms with Crippen molar-refractivity contribution >= 4 is 39.4 Å². The number of hydrogen-bond acceptors (Lipinski definition) is 2. The molecule has 0 aliphatic rings. The number of carboxylic acid groups (broad SMARTS) is 1. The van der Waals surface area contributed by atoms with Crippen molar-refractivity contribution in [1.82, 2.24) is 4.90 Å². The molecule has 0 aromatic heterocycles. The normalized spacial score (nSPS) is 10.5. The quantitative estimate of drug-likeness (QED) is 0.921. The molecule has 0 fully saturated rings. The van der Waals surface area contributed by atoms with Gasteiger partial charge in [0.15, 0.2) is 0 Å². The second-order valence-electron chi connectivity index (χ2n) is 4.02. The maximum atomic E-state index is 12.3. The number of carbonyl (C=O) groups excluding carboxylic acids is 1. The van der Waals surface area contributed by atoms with Crippen molar-refractivity contribution in [3.8, 4) is 0 Å². The van der Waals surface area contributed by atoms with Gasteiger partial charge in [-0.25, -0.2) is 0 Å². The Labute approximate surface area is 119 Å². The first kappa shape index (κ1) is 15.0. The largest absolute Gasteiger partial charge is 0.480 e. The molecule has 1 aromatic rings. The Bertz CT molecular complexity index is 476. The zero-order chi connectivity index (χ0) is 13.9. The average molecular weight is 335 g/mol. The molecule has 1 rings (SSSR count). The molecule has 0 atom stereocenters. The summed E-state index contributed by atoms with van der Waals surface area (Å²) < 4.78 is 0.606. The van der Waals surface area contributed by atoms with Gasteiger partial charge in [-0.2, -0.15) is 0 Å². The first-order chi connectivity index (χ1) is 8.34. The van der Waals surface area contributed by atoms with Crippen LogP contribution in [0.5, 0.6) is 0 Å². The smallest absolute Gasteiger partial charge is 0.323 e. The van der Waals surface area contributed by atoms with Gasteiger partial charge in [0.2, 0.25) is 0 Å². The van der Waals surface area contributed by atoms with Crippen LogP contribution in [-0.4, -0.2) is 34.5 Å². The molecule has 1 aromatic carbocycles.